The summed E-state index contributed by atoms with van der Waals surface area (Å²) in [7, 11) is 0. The van der Waals surface area contributed by atoms with Gasteiger partial charge in [0.15, 0.2) is 10.8 Å². The highest BCUT2D eigenvalue weighted by Gasteiger charge is 2.40. The second kappa shape index (κ2) is 5.58. The molecule has 0 saturated heterocycles. The summed E-state index contributed by atoms with van der Waals surface area (Å²) in [6, 6.07) is 5.71. The molecule has 0 fully saturated rings. The Morgan fingerprint density at radius 2 is 2.04 bits per heavy atom. The molecule has 7 heteroatoms. The topological polar surface area (TPSA) is 74.6 Å². The molecular formula is C16H14FN3O2S. The number of hydrogen-bond acceptors (Lipinski definition) is 5. The quantitative estimate of drug-likeness (QED) is 0.907. The Morgan fingerprint density at radius 3 is 2.61 bits per heavy atom. The number of aromatic nitrogens is 1. The van der Waals surface area contributed by atoms with E-state index in [4.69, 9.17) is 0 Å². The minimum atomic E-state index is -1.13. The first-order chi connectivity index (χ1) is 10.9. The molecule has 0 saturated carbocycles. The Balaban J connectivity index is 2.19. The summed E-state index contributed by atoms with van der Waals surface area (Å²) in [5, 5.41) is 15.1. The summed E-state index contributed by atoms with van der Waals surface area (Å²) in [5.74, 6) is -0.939. The molecule has 0 aliphatic carbocycles. The van der Waals surface area contributed by atoms with Crippen LogP contribution in [0.3, 0.4) is 0 Å². The monoisotopic (exact) mass is 331 g/mol. The summed E-state index contributed by atoms with van der Waals surface area (Å²) in [6.45, 7) is 3.40. The lowest BCUT2D eigenvalue weighted by Crippen LogP contribution is -2.40. The van der Waals surface area contributed by atoms with Gasteiger partial charge >= 0.3 is 5.97 Å². The number of carboxylic acids is 1. The highest BCUT2D eigenvalue weighted by Crippen LogP contribution is 2.38. The van der Waals surface area contributed by atoms with Gasteiger partial charge in [0.25, 0.3) is 0 Å². The number of benzene rings is 1. The van der Waals surface area contributed by atoms with E-state index in [1.165, 1.54) is 23.5 Å². The van der Waals surface area contributed by atoms with E-state index in [1.54, 1.807) is 32.2 Å². The molecule has 1 aliphatic heterocycles. The fourth-order valence-corrected chi connectivity index (χ4v) is 3.29. The number of rotatable bonds is 3. The molecule has 0 spiro atoms. The van der Waals surface area contributed by atoms with Crippen molar-refractivity contribution in [2.24, 2.45) is 4.99 Å². The summed E-state index contributed by atoms with van der Waals surface area (Å²) >= 11 is 1.41. The molecule has 2 aromatic rings. The van der Waals surface area contributed by atoms with Crippen LogP contribution in [0.1, 0.15) is 24.4 Å². The van der Waals surface area contributed by atoms with Crippen LogP contribution in [0.2, 0.25) is 0 Å². The second-order valence-corrected chi connectivity index (χ2v) is 6.20. The average molecular weight is 331 g/mol. The van der Waals surface area contributed by atoms with Crippen molar-refractivity contribution in [2.45, 2.75) is 19.4 Å². The van der Waals surface area contributed by atoms with Gasteiger partial charge in [0.2, 0.25) is 0 Å². The Kier molecular flexibility index (Phi) is 3.73. The smallest absolute Gasteiger partial charge is 0.336 e. The third-order valence-electron chi connectivity index (χ3n) is 3.76. The fourth-order valence-electron chi connectivity index (χ4n) is 2.71. The summed E-state index contributed by atoms with van der Waals surface area (Å²) in [5.41, 5.74) is 0.0933. The first-order valence-electron chi connectivity index (χ1n) is 6.89. The van der Waals surface area contributed by atoms with Crippen molar-refractivity contribution in [1.29, 1.82) is 0 Å². The number of aliphatic carboxylic acids is 1. The molecule has 2 N–H and O–H groups in total. The molecule has 3 rings (SSSR count). The molecule has 2 heterocycles. The van der Waals surface area contributed by atoms with Crippen molar-refractivity contribution in [1.82, 2.24) is 10.3 Å². The summed E-state index contributed by atoms with van der Waals surface area (Å²) in [6.07, 6.45) is 1.66. The van der Waals surface area contributed by atoms with E-state index in [0.717, 1.165) is 0 Å². The SMILES string of the molecule is CC1=C(C(=O)O)[C@@](C)(c2ccc(F)cc2)N=C(c2nccs2)N1. The molecule has 23 heavy (non-hydrogen) atoms. The van der Waals surface area contributed by atoms with Crippen molar-refractivity contribution in [3.63, 3.8) is 0 Å². The highest BCUT2D eigenvalue weighted by atomic mass is 32.1. The average Bonchev–Trinajstić information content (AvgIpc) is 3.00. The lowest BCUT2D eigenvalue weighted by Gasteiger charge is -2.33. The zero-order valence-electron chi connectivity index (χ0n) is 12.5. The maximum absolute atomic E-state index is 13.2. The third-order valence-corrected chi connectivity index (χ3v) is 4.54. The Labute approximate surface area is 136 Å². The predicted molar refractivity (Wildman–Crippen MR) is 85.9 cm³/mol. The number of nitrogens with one attached hydrogen (secondary N) is 1. The van der Waals surface area contributed by atoms with E-state index in [2.05, 4.69) is 15.3 Å². The summed E-state index contributed by atoms with van der Waals surface area (Å²) < 4.78 is 13.2. The maximum Gasteiger partial charge on any atom is 0.336 e. The van der Waals surface area contributed by atoms with Crippen LogP contribution in [0, 0.1) is 5.82 Å². The molecule has 1 aliphatic rings. The van der Waals surface area contributed by atoms with Crippen molar-refractivity contribution >= 4 is 23.1 Å². The van der Waals surface area contributed by atoms with Gasteiger partial charge in [-0.1, -0.05) is 12.1 Å². The highest BCUT2D eigenvalue weighted by molar-refractivity contribution is 7.11. The van der Waals surface area contributed by atoms with Crippen LogP contribution >= 0.6 is 11.3 Å². The number of allylic oxidation sites excluding steroid dienone is 1. The lowest BCUT2D eigenvalue weighted by atomic mass is 9.82. The van der Waals surface area contributed by atoms with Crippen LogP contribution in [0.4, 0.5) is 4.39 Å². The molecule has 5 nitrogen and oxygen atoms in total. The standard InChI is InChI=1S/C16H14FN3O2S/c1-9-12(15(21)22)16(2,10-3-5-11(17)6-4-10)20-13(19-9)14-18-7-8-23-14/h3-8H,1-2H3,(H,19,20)(H,21,22)/t16-/m1/s1. The largest absolute Gasteiger partial charge is 0.478 e. The molecule has 0 bridgehead atoms. The van der Waals surface area contributed by atoms with Crippen LogP contribution in [0.25, 0.3) is 0 Å². The van der Waals surface area contributed by atoms with Crippen LogP contribution in [0.15, 0.2) is 52.1 Å². The normalized spacial score (nSPS) is 20.9. The third kappa shape index (κ3) is 2.63. The Bertz CT molecular complexity index is 812. The first-order valence-corrected chi connectivity index (χ1v) is 7.77. The van der Waals surface area contributed by atoms with E-state index < -0.39 is 11.5 Å². The van der Waals surface area contributed by atoms with Crippen molar-refractivity contribution in [3.05, 3.63) is 63.5 Å². The van der Waals surface area contributed by atoms with Gasteiger partial charge in [-0.2, -0.15) is 0 Å². The van der Waals surface area contributed by atoms with Gasteiger partial charge in [0, 0.05) is 17.3 Å². The number of carboxylic acid groups (broad SMARTS) is 1. The molecule has 1 aromatic carbocycles. The molecule has 0 radical (unpaired) electrons. The van der Waals surface area contributed by atoms with Gasteiger partial charge in [-0.25, -0.2) is 19.2 Å². The molecule has 1 aromatic heterocycles. The van der Waals surface area contributed by atoms with E-state index in [-0.39, 0.29) is 11.4 Å². The number of nitrogens with zero attached hydrogens (tertiary/aromatic N) is 2. The van der Waals surface area contributed by atoms with Crippen molar-refractivity contribution in [3.8, 4) is 0 Å². The zero-order chi connectivity index (χ0) is 16.6. The number of halogens is 1. The molecule has 0 amide bonds. The number of aliphatic imine (C=N–C) groups is 1. The van der Waals surface area contributed by atoms with Crippen LogP contribution in [-0.2, 0) is 10.3 Å². The van der Waals surface area contributed by atoms with Gasteiger partial charge in [-0.3, -0.25) is 0 Å². The molecule has 1 atom stereocenters. The van der Waals surface area contributed by atoms with Crippen LogP contribution in [0.5, 0.6) is 0 Å². The predicted octanol–water partition coefficient (Wildman–Crippen LogP) is 2.91. The summed E-state index contributed by atoms with van der Waals surface area (Å²) in [4.78, 5) is 20.6. The van der Waals surface area contributed by atoms with E-state index in [9.17, 15) is 14.3 Å². The van der Waals surface area contributed by atoms with Gasteiger partial charge < -0.3 is 10.4 Å². The van der Waals surface area contributed by atoms with Crippen molar-refractivity contribution < 1.29 is 14.3 Å². The Hall–Kier alpha value is -2.54. The first kappa shape index (κ1) is 15.4. The zero-order valence-corrected chi connectivity index (χ0v) is 13.3. The van der Waals surface area contributed by atoms with Gasteiger partial charge in [-0.05, 0) is 31.5 Å². The maximum atomic E-state index is 13.2. The minimum absolute atomic E-state index is 0.129. The number of carbonyl (C=O) groups is 1. The molecule has 118 valence electrons. The van der Waals surface area contributed by atoms with E-state index in [0.29, 0.717) is 22.1 Å². The van der Waals surface area contributed by atoms with Crippen LogP contribution in [-0.4, -0.2) is 21.9 Å². The molecule has 0 unspecified atom stereocenters. The van der Waals surface area contributed by atoms with Gasteiger partial charge in [-0.15, -0.1) is 11.3 Å². The second-order valence-electron chi connectivity index (χ2n) is 5.31. The lowest BCUT2D eigenvalue weighted by molar-refractivity contribution is -0.133. The van der Waals surface area contributed by atoms with Gasteiger partial charge in [0.1, 0.15) is 11.4 Å². The van der Waals surface area contributed by atoms with Crippen LogP contribution < -0.4 is 5.32 Å². The van der Waals surface area contributed by atoms with Gasteiger partial charge in [0.05, 0.1) is 5.57 Å². The molecular weight excluding hydrogens is 317 g/mol. The number of amidine groups is 1. The number of hydrogen-bond donors (Lipinski definition) is 2. The fraction of sp³-hybridized carbons (Fsp3) is 0.188. The van der Waals surface area contributed by atoms with Crippen molar-refractivity contribution in [2.75, 3.05) is 0 Å². The minimum Gasteiger partial charge on any atom is -0.478 e. The van der Waals surface area contributed by atoms with E-state index in [1.807, 2.05) is 5.38 Å². The Morgan fingerprint density at radius 1 is 1.35 bits per heavy atom. The number of thiazole rings is 1. The van der Waals surface area contributed by atoms with E-state index >= 15 is 0 Å².